The third-order valence-corrected chi connectivity index (χ3v) is 2.61. The summed E-state index contributed by atoms with van der Waals surface area (Å²) in [5.74, 6) is 1.59. The summed E-state index contributed by atoms with van der Waals surface area (Å²) < 4.78 is 11.2. The van der Waals surface area contributed by atoms with Crippen LogP contribution < -0.4 is 14.8 Å². The third kappa shape index (κ3) is 5.79. The van der Waals surface area contributed by atoms with Crippen LogP contribution in [0.5, 0.6) is 11.5 Å². The first-order valence-electron chi connectivity index (χ1n) is 6.80. The molecule has 106 valence electrons. The molecule has 2 N–H and O–H groups in total. The highest BCUT2D eigenvalue weighted by Crippen LogP contribution is 2.28. The Bertz CT molecular complexity index is 408. The lowest BCUT2D eigenvalue weighted by molar-refractivity contribution is -0.731. The van der Waals surface area contributed by atoms with Crippen LogP contribution in [0.1, 0.15) is 33.3 Å². The van der Waals surface area contributed by atoms with Crippen molar-refractivity contribution in [2.24, 2.45) is 0 Å². The second-order valence-electron chi connectivity index (χ2n) is 5.59. The monoisotopic (exact) mass is 264 g/mol. The van der Waals surface area contributed by atoms with E-state index in [-0.39, 0.29) is 5.54 Å². The van der Waals surface area contributed by atoms with Crippen LogP contribution in [0.3, 0.4) is 0 Å². The molecule has 0 heterocycles. The smallest absolute Gasteiger partial charge is 0.161 e. The standard InChI is InChI=1S/C16H25NO2/c1-6-10-19-14-9-8-13(11-15(14)18-7-2)12-17-16(3,4)5/h6,8-9,11,17H,1,7,10,12H2,2-5H3/p+1. The molecule has 19 heavy (non-hydrogen) atoms. The van der Waals surface area contributed by atoms with E-state index in [1.54, 1.807) is 6.08 Å². The van der Waals surface area contributed by atoms with Crippen molar-refractivity contribution in [2.45, 2.75) is 39.8 Å². The van der Waals surface area contributed by atoms with E-state index >= 15 is 0 Å². The Hall–Kier alpha value is -1.48. The molecule has 0 aromatic heterocycles. The largest absolute Gasteiger partial charge is 0.490 e. The topological polar surface area (TPSA) is 35.1 Å². The number of benzene rings is 1. The van der Waals surface area contributed by atoms with E-state index in [0.717, 1.165) is 18.0 Å². The summed E-state index contributed by atoms with van der Waals surface area (Å²) in [5, 5.41) is 2.31. The summed E-state index contributed by atoms with van der Waals surface area (Å²) in [4.78, 5) is 0. The van der Waals surface area contributed by atoms with Gasteiger partial charge in [-0.25, -0.2) is 0 Å². The van der Waals surface area contributed by atoms with E-state index in [2.05, 4.69) is 44.8 Å². The van der Waals surface area contributed by atoms with Crippen LogP contribution in [0.2, 0.25) is 0 Å². The van der Waals surface area contributed by atoms with Crippen molar-refractivity contribution in [1.29, 1.82) is 0 Å². The van der Waals surface area contributed by atoms with Gasteiger partial charge in [-0.1, -0.05) is 12.7 Å². The van der Waals surface area contributed by atoms with E-state index in [9.17, 15) is 0 Å². The zero-order valence-electron chi connectivity index (χ0n) is 12.5. The molecule has 0 spiro atoms. The van der Waals surface area contributed by atoms with Crippen LogP contribution in [-0.4, -0.2) is 18.8 Å². The van der Waals surface area contributed by atoms with Crippen molar-refractivity contribution in [3.63, 3.8) is 0 Å². The number of ether oxygens (including phenoxy) is 2. The lowest BCUT2D eigenvalue weighted by Gasteiger charge is -2.18. The van der Waals surface area contributed by atoms with Crippen LogP contribution >= 0.6 is 0 Å². The predicted octanol–water partition coefficient (Wildman–Crippen LogP) is 2.51. The van der Waals surface area contributed by atoms with Gasteiger partial charge in [0.25, 0.3) is 0 Å². The highest BCUT2D eigenvalue weighted by molar-refractivity contribution is 5.42. The van der Waals surface area contributed by atoms with E-state index in [0.29, 0.717) is 13.2 Å². The normalized spacial score (nSPS) is 11.2. The Morgan fingerprint density at radius 3 is 2.53 bits per heavy atom. The van der Waals surface area contributed by atoms with Gasteiger partial charge < -0.3 is 14.8 Å². The van der Waals surface area contributed by atoms with Crippen molar-refractivity contribution < 1.29 is 14.8 Å². The van der Waals surface area contributed by atoms with E-state index < -0.39 is 0 Å². The van der Waals surface area contributed by atoms with Crippen molar-refractivity contribution in [3.8, 4) is 11.5 Å². The zero-order valence-corrected chi connectivity index (χ0v) is 12.5. The highest BCUT2D eigenvalue weighted by atomic mass is 16.5. The molecule has 0 aliphatic heterocycles. The SMILES string of the molecule is C=CCOc1ccc(C[NH2+]C(C)(C)C)cc1OCC. The molecule has 0 atom stereocenters. The number of rotatable bonds is 7. The second kappa shape index (κ2) is 7.19. The van der Waals surface area contributed by atoms with Crippen LogP contribution in [0, 0.1) is 0 Å². The molecular formula is C16H26NO2+. The minimum atomic E-state index is 0.226. The maximum atomic E-state index is 5.63. The molecule has 3 heteroatoms. The molecule has 0 unspecified atom stereocenters. The Balaban J connectivity index is 2.79. The summed E-state index contributed by atoms with van der Waals surface area (Å²) in [6.07, 6.45) is 1.73. The molecule has 0 fully saturated rings. The van der Waals surface area contributed by atoms with E-state index in [1.165, 1.54) is 5.56 Å². The average Bonchev–Trinajstić information content (AvgIpc) is 2.35. The Labute approximate surface area is 116 Å². The number of hydrogen-bond donors (Lipinski definition) is 1. The van der Waals surface area contributed by atoms with Gasteiger partial charge in [-0.05, 0) is 45.9 Å². The molecule has 0 aliphatic rings. The molecule has 1 aromatic rings. The molecule has 0 aliphatic carbocycles. The highest BCUT2D eigenvalue weighted by Gasteiger charge is 2.14. The molecule has 3 nitrogen and oxygen atoms in total. The molecular weight excluding hydrogens is 238 g/mol. The second-order valence-corrected chi connectivity index (χ2v) is 5.59. The molecule has 1 rings (SSSR count). The van der Waals surface area contributed by atoms with Gasteiger partial charge in [0, 0.05) is 5.56 Å². The van der Waals surface area contributed by atoms with Gasteiger partial charge >= 0.3 is 0 Å². The summed E-state index contributed by atoms with van der Waals surface area (Å²) in [6.45, 7) is 14.3. The summed E-state index contributed by atoms with van der Waals surface area (Å²) >= 11 is 0. The van der Waals surface area contributed by atoms with Crippen molar-refractivity contribution in [2.75, 3.05) is 13.2 Å². The molecule has 0 saturated carbocycles. The lowest BCUT2D eigenvalue weighted by Crippen LogP contribution is -2.92. The van der Waals surface area contributed by atoms with Gasteiger partial charge in [-0.2, -0.15) is 0 Å². The number of hydrogen-bond acceptors (Lipinski definition) is 2. The first-order chi connectivity index (χ1) is 8.96. The van der Waals surface area contributed by atoms with Gasteiger partial charge in [-0.15, -0.1) is 0 Å². The summed E-state index contributed by atoms with van der Waals surface area (Å²) in [5.41, 5.74) is 1.47. The first kappa shape index (κ1) is 15.6. The van der Waals surface area contributed by atoms with Gasteiger partial charge in [0.15, 0.2) is 11.5 Å². The van der Waals surface area contributed by atoms with Gasteiger partial charge in [-0.3, -0.25) is 0 Å². The Morgan fingerprint density at radius 2 is 1.95 bits per heavy atom. The lowest BCUT2D eigenvalue weighted by atomic mass is 10.1. The molecule has 0 saturated heterocycles. The van der Waals surface area contributed by atoms with Gasteiger partial charge in [0.2, 0.25) is 0 Å². The Morgan fingerprint density at radius 1 is 1.21 bits per heavy atom. The fraction of sp³-hybridized carbons (Fsp3) is 0.500. The fourth-order valence-corrected chi connectivity index (χ4v) is 1.64. The predicted molar refractivity (Wildman–Crippen MR) is 78.7 cm³/mol. The molecule has 1 aromatic carbocycles. The summed E-state index contributed by atoms with van der Waals surface area (Å²) in [6, 6.07) is 6.12. The van der Waals surface area contributed by atoms with Gasteiger partial charge in [0.1, 0.15) is 13.2 Å². The first-order valence-corrected chi connectivity index (χ1v) is 6.80. The van der Waals surface area contributed by atoms with Crippen molar-refractivity contribution in [1.82, 2.24) is 0 Å². The third-order valence-electron chi connectivity index (χ3n) is 2.61. The number of quaternary nitrogens is 1. The minimum Gasteiger partial charge on any atom is -0.490 e. The van der Waals surface area contributed by atoms with Crippen molar-refractivity contribution in [3.05, 3.63) is 36.4 Å². The van der Waals surface area contributed by atoms with Crippen LogP contribution in [0.25, 0.3) is 0 Å². The van der Waals surface area contributed by atoms with E-state index in [4.69, 9.17) is 9.47 Å². The zero-order chi connectivity index (χ0) is 14.3. The van der Waals surface area contributed by atoms with Gasteiger partial charge in [0.05, 0.1) is 12.1 Å². The average molecular weight is 264 g/mol. The van der Waals surface area contributed by atoms with Crippen molar-refractivity contribution >= 4 is 0 Å². The van der Waals surface area contributed by atoms with Crippen LogP contribution in [0.15, 0.2) is 30.9 Å². The maximum Gasteiger partial charge on any atom is 0.161 e. The van der Waals surface area contributed by atoms with Crippen LogP contribution in [-0.2, 0) is 6.54 Å². The molecule has 0 bridgehead atoms. The van der Waals surface area contributed by atoms with Crippen LogP contribution in [0.4, 0.5) is 0 Å². The molecule has 0 radical (unpaired) electrons. The summed E-state index contributed by atoms with van der Waals surface area (Å²) in [7, 11) is 0. The number of nitrogens with two attached hydrogens (primary N) is 1. The molecule has 0 amide bonds. The quantitative estimate of drug-likeness (QED) is 0.768. The minimum absolute atomic E-state index is 0.226. The van der Waals surface area contributed by atoms with E-state index in [1.807, 2.05) is 13.0 Å². The fourth-order valence-electron chi connectivity index (χ4n) is 1.64. The maximum absolute atomic E-state index is 5.63. The Kier molecular flexibility index (Phi) is 5.90.